The highest BCUT2D eigenvalue weighted by Crippen LogP contribution is 2.30. The molecule has 1 aliphatic rings. The predicted molar refractivity (Wildman–Crippen MR) is 75.7 cm³/mol. The summed E-state index contributed by atoms with van der Waals surface area (Å²) in [6.07, 6.45) is 2.61. The van der Waals surface area contributed by atoms with Crippen molar-refractivity contribution in [3.05, 3.63) is 59.4 Å². The van der Waals surface area contributed by atoms with Gasteiger partial charge in [0.05, 0.1) is 24.4 Å². The molecule has 0 radical (unpaired) electrons. The number of ether oxygens (including phenoxy) is 1. The number of para-hydroxylation sites is 1. The number of pyridine rings is 1. The normalized spacial score (nSPS) is 12.7. The minimum atomic E-state index is -0.0330. The molecule has 0 unspecified atom stereocenters. The molecule has 0 atom stereocenters. The van der Waals surface area contributed by atoms with Crippen molar-refractivity contribution in [2.75, 3.05) is 13.7 Å². The molecule has 0 fully saturated rings. The lowest BCUT2D eigenvalue weighted by atomic mass is 10.1. The Hall–Kier alpha value is -2.36. The maximum absolute atomic E-state index is 12.5. The fourth-order valence-electron chi connectivity index (χ4n) is 2.40. The molecule has 4 nitrogen and oxygen atoms in total. The van der Waals surface area contributed by atoms with E-state index in [9.17, 15) is 4.79 Å². The highest BCUT2D eigenvalue weighted by Gasteiger charge is 2.22. The van der Waals surface area contributed by atoms with Gasteiger partial charge in [-0.3, -0.25) is 9.78 Å². The van der Waals surface area contributed by atoms with Crippen LogP contribution >= 0.6 is 0 Å². The van der Waals surface area contributed by atoms with E-state index < -0.39 is 0 Å². The van der Waals surface area contributed by atoms with Crippen molar-refractivity contribution >= 4 is 5.91 Å². The van der Waals surface area contributed by atoms with Gasteiger partial charge in [-0.05, 0) is 23.8 Å². The molecule has 0 aliphatic carbocycles. The van der Waals surface area contributed by atoms with Crippen molar-refractivity contribution in [1.29, 1.82) is 0 Å². The third-order valence-electron chi connectivity index (χ3n) is 3.42. The Morgan fingerprint density at radius 3 is 3.00 bits per heavy atom. The summed E-state index contributed by atoms with van der Waals surface area (Å²) in [5.41, 5.74) is 2.62. The Labute approximate surface area is 118 Å². The fraction of sp³-hybridized carbons (Fsp3) is 0.250. The molecule has 3 rings (SSSR count). The van der Waals surface area contributed by atoms with Crippen LogP contribution in [0.4, 0.5) is 0 Å². The Kier molecular flexibility index (Phi) is 3.37. The van der Waals surface area contributed by atoms with Crippen LogP contribution in [0.25, 0.3) is 0 Å². The van der Waals surface area contributed by atoms with Crippen LogP contribution in [-0.4, -0.2) is 29.4 Å². The molecule has 0 N–H and O–H groups in total. The molecular formula is C16H16N2O2. The predicted octanol–water partition coefficient (Wildman–Crippen LogP) is 2.29. The monoisotopic (exact) mass is 268 g/mol. The molecule has 102 valence electrons. The first-order chi connectivity index (χ1) is 9.75. The van der Waals surface area contributed by atoms with Crippen molar-refractivity contribution in [2.24, 2.45) is 0 Å². The molecule has 2 heterocycles. The zero-order chi connectivity index (χ0) is 13.9. The lowest BCUT2D eigenvalue weighted by Gasteiger charge is -2.18. The summed E-state index contributed by atoms with van der Waals surface area (Å²) in [7, 11) is 1.78. The number of aromatic nitrogens is 1. The van der Waals surface area contributed by atoms with Gasteiger partial charge in [0.2, 0.25) is 0 Å². The van der Waals surface area contributed by atoms with E-state index >= 15 is 0 Å². The molecule has 2 aromatic rings. The van der Waals surface area contributed by atoms with E-state index in [2.05, 4.69) is 4.98 Å². The summed E-state index contributed by atoms with van der Waals surface area (Å²) >= 11 is 0. The Balaban J connectivity index is 1.81. The first-order valence-electron chi connectivity index (χ1n) is 6.66. The van der Waals surface area contributed by atoms with Crippen LogP contribution in [0.15, 0.2) is 42.6 Å². The number of hydrogen-bond donors (Lipinski definition) is 0. The van der Waals surface area contributed by atoms with Crippen molar-refractivity contribution in [2.45, 2.75) is 13.0 Å². The van der Waals surface area contributed by atoms with E-state index in [1.165, 1.54) is 0 Å². The number of nitrogens with zero attached hydrogens (tertiary/aromatic N) is 2. The first kappa shape index (κ1) is 12.7. The largest absolute Gasteiger partial charge is 0.492 e. The lowest BCUT2D eigenvalue weighted by molar-refractivity contribution is 0.0780. The second kappa shape index (κ2) is 5.33. The molecule has 1 aromatic heterocycles. The van der Waals surface area contributed by atoms with Gasteiger partial charge >= 0.3 is 0 Å². The molecular weight excluding hydrogens is 252 g/mol. The summed E-state index contributed by atoms with van der Waals surface area (Å²) in [6, 6.07) is 11.4. The van der Waals surface area contributed by atoms with E-state index in [0.29, 0.717) is 18.7 Å². The Morgan fingerprint density at radius 2 is 2.20 bits per heavy atom. The van der Waals surface area contributed by atoms with Crippen LogP contribution in [-0.2, 0) is 13.0 Å². The van der Waals surface area contributed by atoms with Gasteiger partial charge in [0, 0.05) is 19.7 Å². The summed E-state index contributed by atoms with van der Waals surface area (Å²) < 4.78 is 5.59. The Morgan fingerprint density at radius 1 is 1.30 bits per heavy atom. The smallest absolute Gasteiger partial charge is 0.257 e. The van der Waals surface area contributed by atoms with Crippen LogP contribution < -0.4 is 4.74 Å². The number of hydrogen-bond acceptors (Lipinski definition) is 3. The van der Waals surface area contributed by atoms with Gasteiger partial charge in [-0.25, -0.2) is 0 Å². The van der Waals surface area contributed by atoms with E-state index in [1.54, 1.807) is 18.1 Å². The molecule has 0 spiro atoms. The van der Waals surface area contributed by atoms with Crippen LogP contribution in [0.1, 0.15) is 21.6 Å². The average Bonchev–Trinajstić information content (AvgIpc) is 2.96. The van der Waals surface area contributed by atoms with Gasteiger partial charge < -0.3 is 9.64 Å². The molecule has 1 aliphatic heterocycles. The van der Waals surface area contributed by atoms with Gasteiger partial charge in [-0.15, -0.1) is 0 Å². The zero-order valence-electron chi connectivity index (χ0n) is 11.4. The van der Waals surface area contributed by atoms with Crippen LogP contribution in [0, 0.1) is 0 Å². The molecule has 4 heteroatoms. The van der Waals surface area contributed by atoms with E-state index in [1.807, 2.05) is 36.4 Å². The maximum Gasteiger partial charge on any atom is 0.257 e. The van der Waals surface area contributed by atoms with Crippen LogP contribution in [0.3, 0.4) is 0 Å². The number of amides is 1. The average molecular weight is 268 g/mol. The zero-order valence-corrected chi connectivity index (χ0v) is 11.4. The highest BCUT2D eigenvalue weighted by molar-refractivity contribution is 5.97. The van der Waals surface area contributed by atoms with Gasteiger partial charge in [-0.1, -0.05) is 18.2 Å². The second-order valence-electron chi connectivity index (χ2n) is 4.87. The minimum absolute atomic E-state index is 0.0330. The second-order valence-corrected chi connectivity index (χ2v) is 4.87. The summed E-state index contributed by atoms with van der Waals surface area (Å²) in [5.74, 6) is 0.708. The highest BCUT2D eigenvalue weighted by atomic mass is 16.5. The molecule has 1 amide bonds. The van der Waals surface area contributed by atoms with Crippen molar-refractivity contribution in [3.8, 4) is 5.75 Å². The van der Waals surface area contributed by atoms with Crippen molar-refractivity contribution < 1.29 is 9.53 Å². The number of carbonyl (C=O) groups is 1. The number of benzene rings is 1. The quantitative estimate of drug-likeness (QED) is 0.857. The lowest BCUT2D eigenvalue weighted by Crippen LogP contribution is -2.27. The van der Waals surface area contributed by atoms with Crippen molar-refractivity contribution in [1.82, 2.24) is 9.88 Å². The van der Waals surface area contributed by atoms with Crippen molar-refractivity contribution in [3.63, 3.8) is 0 Å². The van der Waals surface area contributed by atoms with E-state index in [4.69, 9.17) is 4.74 Å². The summed E-state index contributed by atoms with van der Waals surface area (Å²) in [5, 5.41) is 0. The van der Waals surface area contributed by atoms with E-state index in [-0.39, 0.29) is 5.91 Å². The molecule has 0 saturated heterocycles. The molecule has 1 aromatic carbocycles. The fourth-order valence-corrected chi connectivity index (χ4v) is 2.40. The summed E-state index contributed by atoms with van der Waals surface area (Å²) in [6.45, 7) is 1.15. The number of fused-ring (bicyclic) bond motifs is 1. The molecule has 0 bridgehead atoms. The number of rotatable bonds is 3. The maximum atomic E-state index is 12.5. The third-order valence-corrected chi connectivity index (χ3v) is 3.42. The number of carbonyl (C=O) groups excluding carboxylic acids is 1. The first-order valence-corrected chi connectivity index (χ1v) is 6.66. The SMILES string of the molecule is CN(Cc1ccccn1)C(=O)c1cccc2c1OCC2. The van der Waals surface area contributed by atoms with Crippen LogP contribution in [0.5, 0.6) is 5.75 Å². The van der Waals surface area contributed by atoms with Gasteiger partial charge in [0.15, 0.2) is 0 Å². The van der Waals surface area contributed by atoms with Gasteiger partial charge in [0.25, 0.3) is 5.91 Å². The standard InChI is InChI=1S/C16H16N2O2/c1-18(11-13-6-2-3-9-17-13)16(19)14-7-4-5-12-8-10-20-15(12)14/h2-7,9H,8,10-11H2,1H3. The molecule has 0 saturated carbocycles. The third kappa shape index (κ3) is 2.37. The molecule has 20 heavy (non-hydrogen) atoms. The van der Waals surface area contributed by atoms with Gasteiger partial charge in [-0.2, -0.15) is 0 Å². The van der Waals surface area contributed by atoms with Crippen LogP contribution in [0.2, 0.25) is 0 Å². The summed E-state index contributed by atoms with van der Waals surface area (Å²) in [4.78, 5) is 18.4. The Bertz CT molecular complexity index is 626. The van der Waals surface area contributed by atoms with E-state index in [0.717, 1.165) is 23.4 Å². The minimum Gasteiger partial charge on any atom is -0.492 e. The van der Waals surface area contributed by atoms with Gasteiger partial charge in [0.1, 0.15) is 5.75 Å². The topological polar surface area (TPSA) is 42.4 Å².